The van der Waals surface area contributed by atoms with Crippen molar-refractivity contribution in [2.45, 2.75) is 25.2 Å². The van der Waals surface area contributed by atoms with Gasteiger partial charge in [0.25, 0.3) is 0 Å². The lowest BCUT2D eigenvalue weighted by Gasteiger charge is -2.12. The van der Waals surface area contributed by atoms with Gasteiger partial charge in [0.05, 0.1) is 0 Å². The first kappa shape index (κ1) is 13.7. The fraction of sp³-hybridized carbons (Fsp3) is 0.235. The molecule has 0 bridgehead atoms. The van der Waals surface area contributed by atoms with Gasteiger partial charge in [0.2, 0.25) is 0 Å². The van der Waals surface area contributed by atoms with E-state index in [1.165, 1.54) is 11.1 Å². The summed E-state index contributed by atoms with van der Waals surface area (Å²) in [5, 5.41) is 1.13. The normalized spacial score (nSPS) is 17.0. The molecule has 0 fully saturated rings. The first-order valence-electron chi connectivity index (χ1n) is 6.70. The second-order valence-corrected chi connectivity index (χ2v) is 5.95. The van der Waals surface area contributed by atoms with Crippen molar-refractivity contribution in [1.82, 2.24) is 0 Å². The molecule has 102 valence electrons. The molecule has 1 atom stereocenters. The monoisotopic (exact) mass is 304 g/mol. The maximum atomic E-state index is 12.6. The average Bonchev–Trinajstić information content (AvgIpc) is 2.87. The van der Waals surface area contributed by atoms with E-state index in [1.807, 2.05) is 12.1 Å². The molecule has 3 rings (SSSR count). The summed E-state index contributed by atoms with van der Waals surface area (Å²) in [4.78, 5) is 12.6. The van der Waals surface area contributed by atoms with E-state index in [1.54, 1.807) is 18.2 Å². The van der Waals surface area contributed by atoms with Crippen molar-refractivity contribution >= 4 is 29.0 Å². The highest BCUT2D eigenvalue weighted by molar-refractivity contribution is 6.36. The van der Waals surface area contributed by atoms with Crippen LogP contribution in [-0.4, -0.2) is 5.78 Å². The molecule has 0 N–H and O–H groups in total. The van der Waals surface area contributed by atoms with Crippen molar-refractivity contribution in [3.63, 3.8) is 0 Å². The Morgan fingerprint density at radius 2 is 1.75 bits per heavy atom. The van der Waals surface area contributed by atoms with Crippen LogP contribution in [0.1, 0.15) is 29.0 Å². The van der Waals surface area contributed by atoms with Crippen LogP contribution in [0.4, 0.5) is 0 Å². The molecule has 0 saturated carbocycles. The summed E-state index contributed by atoms with van der Waals surface area (Å²) < 4.78 is 0. The molecule has 3 heteroatoms. The maximum absolute atomic E-state index is 12.6. The van der Waals surface area contributed by atoms with Gasteiger partial charge in [0.15, 0.2) is 0 Å². The maximum Gasteiger partial charge on any atom is 0.144 e. The molecule has 1 aliphatic carbocycles. The zero-order valence-corrected chi connectivity index (χ0v) is 12.4. The highest BCUT2D eigenvalue weighted by Gasteiger charge is 2.28. The third-order valence-electron chi connectivity index (χ3n) is 3.93. The second kappa shape index (κ2) is 5.59. The highest BCUT2D eigenvalue weighted by atomic mass is 35.5. The van der Waals surface area contributed by atoms with Crippen LogP contribution in [0.25, 0.3) is 0 Å². The zero-order chi connectivity index (χ0) is 14.1. The first-order valence-corrected chi connectivity index (χ1v) is 7.46. The van der Waals surface area contributed by atoms with E-state index >= 15 is 0 Å². The Morgan fingerprint density at radius 1 is 1.05 bits per heavy atom. The summed E-state index contributed by atoms with van der Waals surface area (Å²) in [6.45, 7) is 0. The number of rotatable bonds is 3. The lowest BCUT2D eigenvalue weighted by Crippen LogP contribution is -2.13. The summed E-state index contributed by atoms with van der Waals surface area (Å²) in [7, 11) is 0. The van der Waals surface area contributed by atoms with Gasteiger partial charge in [-0.05, 0) is 41.7 Å². The summed E-state index contributed by atoms with van der Waals surface area (Å²) >= 11 is 12.3. The molecule has 1 aliphatic rings. The Bertz CT molecular complexity index is 644. The molecule has 1 unspecified atom stereocenters. The summed E-state index contributed by atoms with van der Waals surface area (Å²) in [5.74, 6) is 0.184. The van der Waals surface area contributed by atoms with Crippen molar-refractivity contribution in [1.29, 1.82) is 0 Å². The molecule has 0 spiro atoms. The minimum absolute atomic E-state index is 0.0152. The molecular formula is C17H14Cl2O. The number of Topliss-reactive ketones (excluding diaryl/α,β-unsaturated/α-hetero) is 1. The molecule has 2 aromatic carbocycles. The zero-order valence-electron chi connectivity index (χ0n) is 10.9. The highest BCUT2D eigenvalue weighted by Crippen LogP contribution is 2.35. The van der Waals surface area contributed by atoms with Crippen LogP contribution in [0.3, 0.4) is 0 Å². The van der Waals surface area contributed by atoms with Crippen LogP contribution in [-0.2, 0) is 17.6 Å². The predicted molar refractivity (Wildman–Crippen MR) is 82.7 cm³/mol. The van der Waals surface area contributed by atoms with Crippen LogP contribution in [0.5, 0.6) is 0 Å². The topological polar surface area (TPSA) is 17.1 Å². The van der Waals surface area contributed by atoms with Crippen molar-refractivity contribution in [3.8, 4) is 0 Å². The van der Waals surface area contributed by atoms with Gasteiger partial charge in [0, 0.05) is 22.4 Å². The summed E-state index contributed by atoms with van der Waals surface area (Å²) in [5.41, 5.74) is 3.20. The van der Waals surface area contributed by atoms with Crippen molar-refractivity contribution in [3.05, 3.63) is 69.2 Å². The lowest BCUT2D eigenvalue weighted by molar-refractivity contribution is -0.119. The minimum Gasteiger partial charge on any atom is -0.299 e. The number of benzene rings is 2. The quantitative estimate of drug-likeness (QED) is 0.793. The smallest absolute Gasteiger partial charge is 0.144 e. The van der Waals surface area contributed by atoms with E-state index in [2.05, 4.69) is 12.1 Å². The fourth-order valence-corrected chi connectivity index (χ4v) is 3.42. The molecule has 0 aliphatic heterocycles. The number of halogens is 2. The minimum atomic E-state index is -0.0152. The van der Waals surface area contributed by atoms with Gasteiger partial charge < -0.3 is 0 Å². The van der Waals surface area contributed by atoms with Gasteiger partial charge >= 0.3 is 0 Å². The van der Waals surface area contributed by atoms with Gasteiger partial charge in [-0.2, -0.15) is 0 Å². The number of hydrogen-bond donors (Lipinski definition) is 0. The number of aryl methyl sites for hydroxylation is 1. The standard InChI is InChI=1S/C17H14Cl2O/c18-15-6-3-7-16(19)14(15)10-17(20)13-9-8-11-4-1-2-5-12(11)13/h1-7,13H,8-10H2. The molecule has 0 aromatic heterocycles. The Hall–Kier alpha value is -1.31. The summed E-state index contributed by atoms with van der Waals surface area (Å²) in [6, 6.07) is 13.5. The van der Waals surface area contributed by atoms with Gasteiger partial charge in [-0.15, -0.1) is 0 Å². The van der Waals surface area contributed by atoms with Crippen molar-refractivity contribution < 1.29 is 4.79 Å². The second-order valence-electron chi connectivity index (χ2n) is 5.13. The van der Waals surface area contributed by atoms with Crippen LogP contribution < -0.4 is 0 Å². The van der Waals surface area contributed by atoms with Crippen LogP contribution in [0.2, 0.25) is 10.0 Å². The summed E-state index contributed by atoms with van der Waals surface area (Å²) in [6.07, 6.45) is 2.17. The van der Waals surface area contributed by atoms with Gasteiger partial charge in [-0.25, -0.2) is 0 Å². The van der Waals surface area contributed by atoms with Gasteiger partial charge in [-0.3, -0.25) is 4.79 Å². The Balaban J connectivity index is 1.85. The Labute approximate surface area is 128 Å². The Kier molecular flexibility index (Phi) is 3.82. The molecule has 20 heavy (non-hydrogen) atoms. The first-order chi connectivity index (χ1) is 9.66. The number of carbonyl (C=O) groups is 1. The molecule has 0 radical (unpaired) electrons. The SMILES string of the molecule is O=C(Cc1c(Cl)cccc1Cl)C1CCc2ccccc21. The largest absolute Gasteiger partial charge is 0.299 e. The van der Waals surface area contributed by atoms with Gasteiger partial charge in [-0.1, -0.05) is 53.5 Å². The van der Waals surface area contributed by atoms with E-state index < -0.39 is 0 Å². The van der Waals surface area contributed by atoms with E-state index in [4.69, 9.17) is 23.2 Å². The number of hydrogen-bond acceptors (Lipinski definition) is 1. The third kappa shape index (κ3) is 2.48. The van der Waals surface area contributed by atoms with E-state index in [0.29, 0.717) is 16.5 Å². The van der Waals surface area contributed by atoms with Crippen molar-refractivity contribution in [2.75, 3.05) is 0 Å². The Morgan fingerprint density at radius 3 is 2.50 bits per heavy atom. The van der Waals surface area contributed by atoms with E-state index in [-0.39, 0.29) is 11.7 Å². The number of carbonyl (C=O) groups excluding carboxylic acids is 1. The molecule has 2 aromatic rings. The number of fused-ring (bicyclic) bond motifs is 1. The molecular weight excluding hydrogens is 291 g/mol. The fourth-order valence-electron chi connectivity index (χ4n) is 2.89. The third-order valence-corrected chi connectivity index (χ3v) is 4.64. The predicted octanol–water partition coefficient (Wildman–Crippen LogP) is 4.84. The number of ketones is 1. The van der Waals surface area contributed by atoms with Crippen LogP contribution in [0, 0.1) is 0 Å². The van der Waals surface area contributed by atoms with Crippen LogP contribution >= 0.6 is 23.2 Å². The van der Waals surface area contributed by atoms with Crippen LogP contribution in [0.15, 0.2) is 42.5 Å². The molecule has 1 nitrogen and oxygen atoms in total. The molecule has 0 saturated heterocycles. The van der Waals surface area contributed by atoms with Crippen molar-refractivity contribution in [2.24, 2.45) is 0 Å². The van der Waals surface area contributed by atoms with Gasteiger partial charge in [0.1, 0.15) is 5.78 Å². The lowest BCUT2D eigenvalue weighted by atomic mass is 9.92. The molecule has 0 amide bonds. The van der Waals surface area contributed by atoms with E-state index in [0.717, 1.165) is 18.4 Å². The van der Waals surface area contributed by atoms with E-state index in [9.17, 15) is 4.79 Å². The average molecular weight is 305 g/mol. The molecule has 0 heterocycles.